The van der Waals surface area contributed by atoms with Gasteiger partial charge in [0.2, 0.25) is 0 Å². The Morgan fingerprint density at radius 2 is 2.29 bits per heavy atom. The molecule has 0 aliphatic heterocycles. The molecule has 17 heavy (non-hydrogen) atoms. The highest BCUT2D eigenvalue weighted by Crippen LogP contribution is 2.22. The number of nitrogens with one attached hydrogen (secondary N) is 1. The van der Waals surface area contributed by atoms with Gasteiger partial charge in [-0.05, 0) is 41.1 Å². The molecule has 4 heteroatoms. The van der Waals surface area contributed by atoms with Gasteiger partial charge in [-0.15, -0.1) is 11.8 Å². The molecule has 1 aromatic carbocycles. The Kier molecular flexibility index (Phi) is 5.58. The first-order chi connectivity index (χ1) is 8.19. The quantitative estimate of drug-likeness (QED) is 0.685. The Balaban J connectivity index is 2.69. The second-order valence-corrected chi connectivity index (χ2v) is 4.13. The number of hydrogen-bond donors (Lipinski definition) is 1. The molecule has 1 aromatic rings. The highest BCUT2D eigenvalue weighted by Gasteiger charge is 2.10. The molecule has 0 spiro atoms. The maximum Gasteiger partial charge on any atom is 0.252 e. The van der Waals surface area contributed by atoms with E-state index in [9.17, 15) is 4.79 Å². The Morgan fingerprint density at radius 3 is 2.94 bits per heavy atom. The van der Waals surface area contributed by atoms with Crippen LogP contribution in [0.1, 0.15) is 23.7 Å². The fourth-order valence-electron chi connectivity index (χ4n) is 1.26. The van der Waals surface area contributed by atoms with Crippen molar-refractivity contribution >= 4 is 21.8 Å². The van der Waals surface area contributed by atoms with Crippen LogP contribution in [0.2, 0.25) is 0 Å². The molecule has 0 radical (unpaired) electrons. The fraction of sp³-hybridized carbons (Fsp3) is 0.308. The lowest BCUT2D eigenvalue weighted by atomic mass is 10.2. The molecule has 0 saturated carbocycles. The number of carbonyl (C=O) groups excluding carboxylic acids is 1. The number of ether oxygens (including phenoxy) is 1. The second kappa shape index (κ2) is 6.97. The van der Waals surface area contributed by atoms with Crippen molar-refractivity contribution in [2.24, 2.45) is 0 Å². The first-order valence-electron chi connectivity index (χ1n) is 5.20. The minimum atomic E-state index is -0.131. The predicted molar refractivity (Wildman–Crippen MR) is 71.1 cm³/mol. The molecule has 1 N–H and O–H groups in total. The van der Waals surface area contributed by atoms with E-state index in [1.807, 2.05) is 0 Å². The van der Waals surface area contributed by atoms with E-state index >= 15 is 0 Å². The molecule has 0 aromatic heterocycles. The Bertz CT molecular complexity index is 460. The summed E-state index contributed by atoms with van der Waals surface area (Å²) in [4.78, 5) is 11.9. The van der Waals surface area contributed by atoms with Gasteiger partial charge in [0.05, 0.1) is 12.7 Å². The summed E-state index contributed by atoms with van der Waals surface area (Å²) in [5.74, 6) is 6.20. The summed E-state index contributed by atoms with van der Waals surface area (Å²) in [7, 11) is 1.57. The smallest absolute Gasteiger partial charge is 0.252 e. The molecular weight excluding hydrogens is 282 g/mol. The van der Waals surface area contributed by atoms with Crippen LogP contribution in [-0.4, -0.2) is 19.6 Å². The van der Waals surface area contributed by atoms with Crippen molar-refractivity contribution in [3.63, 3.8) is 0 Å². The second-order valence-electron chi connectivity index (χ2n) is 3.28. The van der Waals surface area contributed by atoms with Crippen LogP contribution in [0.4, 0.5) is 0 Å². The van der Waals surface area contributed by atoms with Crippen molar-refractivity contribution in [3.05, 3.63) is 28.2 Å². The van der Waals surface area contributed by atoms with Gasteiger partial charge < -0.3 is 10.1 Å². The summed E-state index contributed by atoms with van der Waals surface area (Å²) < 4.78 is 5.83. The molecule has 3 nitrogen and oxygen atoms in total. The lowest BCUT2D eigenvalue weighted by Gasteiger charge is -2.07. The normalized spacial score (nSPS) is 9.12. The largest absolute Gasteiger partial charge is 0.497 e. The number of methoxy groups -OCH3 is 1. The summed E-state index contributed by atoms with van der Waals surface area (Å²) in [6.07, 6.45) is 0.657. The highest BCUT2D eigenvalue weighted by atomic mass is 79.9. The van der Waals surface area contributed by atoms with E-state index in [0.717, 1.165) is 4.47 Å². The van der Waals surface area contributed by atoms with Crippen LogP contribution in [0.25, 0.3) is 0 Å². The number of halogens is 1. The van der Waals surface area contributed by atoms with Gasteiger partial charge in [0.1, 0.15) is 5.75 Å². The van der Waals surface area contributed by atoms with Gasteiger partial charge >= 0.3 is 0 Å². The zero-order chi connectivity index (χ0) is 12.7. The molecule has 1 amide bonds. The van der Waals surface area contributed by atoms with Crippen LogP contribution in [0.5, 0.6) is 5.75 Å². The van der Waals surface area contributed by atoms with Gasteiger partial charge in [0.25, 0.3) is 5.91 Å². The van der Waals surface area contributed by atoms with E-state index in [0.29, 0.717) is 24.3 Å². The fourth-order valence-corrected chi connectivity index (χ4v) is 1.69. The molecule has 0 atom stereocenters. The monoisotopic (exact) mass is 295 g/mol. The zero-order valence-electron chi connectivity index (χ0n) is 9.84. The highest BCUT2D eigenvalue weighted by molar-refractivity contribution is 9.10. The van der Waals surface area contributed by atoms with Crippen molar-refractivity contribution < 1.29 is 9.53 Å². The zero-order valence-corrected chi connectivity index (χ0v) is 11.4. The first-order valence-corrected chi connectivity index (χ1v) is 5.99. The molecule has 0 aliphatic rings. The third-order valence-electron chi connectivity index (χ3n) is 2.13. The van der Waals surface area contributed by atoms with Gasteiger partial charge in [-0.25, -0.2) is 0 Å². The molecule has 0 heterocycles. The van der Waals surface area contributed by atoms with Gasteiger partial charge in [0, 0.05) is 17.4 Å². The maximum absolute atomic E-state index is 11.9. The van der Waals surface area contributed by atoms with Gasteiger partial charge in [-0.3, -0.25) is 4.79 Å². The van der Waals surface area contributed by atoms with Crippen LogP contribution < -0.4 is 10.1 Å². The van der Waals surface area contributed by atoms with Crippen LogP contribution >= 0.6 is 15.9 Å². The Labute approximate surface area is 110 Å². The molecule has 0 saturated heterocycles. The van der Waals surface area contributed by atoms with Gasteiger partial charge in [-0.1, -0.05) is 0 Å². The van der Waals surface area contributed by atoms with Gasteiger partial charge in [-0.2, -0.15) is 0 Å². The summed E-state index contributed by atoms with van der Waals surface area (Å²) in [5.41, 5.74) is 0.564. The standard InChI is InChI=1S/C13H14BrNO2/c1-3-4-5-8-15-13(16)11-9-10(17-2)6-7-12(11)14/h6-7,9H,5,8H2,1-2H3,(H,15,16). The molecule has 90 valence electrons. The summed E-state index contributed by atoms with van der Waals surface area (Å²) >= 11 is 3.34. The van der Waals surface area contributed by atoms with Crippen molar-refractivity contribution in [1.82, 2.24) is 5.32 Å². The lowest BCUT2D eigenvalue weighted by molar-refractivity contribution is 0.0953. The van der Waals surface area contributed by atoms with Crippen molar-refractivity contribution in [3.8, 4) is 17.6 Å². The topological polar surface area (TPSA) is 38.3 Å². The van der Waals surface area contributed by atoms with Crippen molar-refractivity contribution in [2.45, 2.75) is 13.3 Å². The molecular formula is C13H14BrNO2. The van der Waals surface area contributed by atoms with Crippen molar-refractivity contribution in [1.29, 1.82) is 0 Å². The average molecular weight is 296 g/mol. The third kappa shape index (κ3) is 4.12. The predicted octanol–water partition coefficient (Wildman–Crippen LogP) is 2.60. The number of amides is 1. The number of rotatable bonds is 4. The number of hydrogen-bond acceptors (Lipinski definition) is 2. The molecule has 0 unspecified atom stereocenters. The third-order valence-corrected chi connectivity index (χ3v) is 2.82. The van der Waals surface area contributed by atoms with Crippen LogP contribution in [0.15, 0.2) is 22.7 Å². The van der Waals surface area contributed by atoms with E-state index in [1.165, 1.54) is 0 Å². The summed E-state index contributed by atoms with van der Waals surface area (Å²) in [5, 5.41) is 2.80. The minimum absolute atomic E-state index is 0.131. The van der Waals surface area contributed by atoms with E-state index < -0.39 is 0 Å². The number of carbonyl (C=O) groups is 1. The van der Waals surface area contributed by atoms with E-state index in [4.69, 9.17) is 4.74 Å². The molecule has 0 bridgehead atoms. The van der Waals surface area contributed by atoms with E-state index in [2.05, 4.69) is 33.1 Å². The first kappa shape index (κ1) is 13.6. The molecule has 1 rings (SSSR count). The van der Waals surface area contributed by atoms with E-state index in [1.54, 1.807) is 32.2 Å². The average Bonchev–Trinajstić information content (AvgIpc) is 2.35. The van der Waals surface area contributed by atoms with Crippen LogP contribution in [0.3, 0.4) is 0 Å². The van der Waals surface area contributed by atoms with E-state index in [-0.39, 0.29) is 5.91 Å². The SMILES string of the molecule is CC#CCCNC(=O)c1cc(OC)ccc1Br. The van der Waals surface area contributed by atoms with Crippen molar-refractivity contribution in [2.75, 3.05) is 13.7 Å². The summed E-state index contributed by atoms with van der Waals surface area (Å²) in [6, 6.07) is 5.29. The van der Waals surface area contributed by atoms with Gasteiger partial charge in [0.15, 0.2) is 0 Å². The number of benzene rings is 1. The van der Waals surface area contributed by atoms with Crippen LogP contribution in [0, 0.1) is 11.8 Å². The maximum atomic E-state index is 11.9. The minimum Gasteiger partial charge on any atom is -0.497 e. The lowest BCUT2D eigenvalue weighted by Crippen LogP contribution is -2.24. The summed E-state index contributed by atoms with van der Waals surface area (Å²) in [6.45, 7) is 2.32. The van der Waals surface area contributed by atoms with Crippen LogP contribution in [-0.2, 0) is 0 Å². The Morgan fingerprint density at radius 1 is 1.53 bits per heavy atom. The molecule has 0 fully saturated rings. The molecule has 0 aliphatic carbocycles. The Hall–Kier alpha value is -1.47.